The Balaban J connectivity index is 1.90. The Bertz CT molecular complexity index is 733. The molecule has 1 aliphatic heterocycles. The molecule has 6 heteroatoms. The normalized spacial score (nSPS) is 18.3. The van der Waals surface area contributed by atoms with Gasteiger partial charge in [-0.15, -0.1) is 22.7 Å². The first-order chi connectivity index (χ1) is 12.2. The zero-order chi connectivity index (χ0) is 17.6. The predicted molar refractivity (Wildman–Crippen MR) is 105 cm³/mol. The second-order valence-electron chi connectivity index (χ2n) is 5.80. The molecular formula is C19H20N2O2S2. The van der Waals surface area contributed by atoms with E-state index in [4.69, 9.17) is 0 Å². The van der Waals surface area contributed by atoms with Gasteiger partial charge in [0.15, 0.2) is 5.78 Å². The monoisotopic (exact) mass is 372 g/mol. The minimum atomic E-state index is 0.0412. The minimum absolute atomic E-state index is 0.0412. The molecular weight excluding hydrogens is 352 g/mol. The lowest BCUT2D eigenvalue weighted by Crippen LogP contribution is -2.42. The van der Waals surface area contributed by atoms with Crippen molar-refractivity contribution in [3.05, 3.63) is 55.9 Å². The molecule has 1 amide bonds. The molecule has 0 atom stereocenters. The first-order valence-corrected chi connectivity index (χ1v) is 9.88. The Morgan fingerprint density at radius 2 is 1.68 bits per heavy atom. The van der Waals surface area contributed by atoms with E-state index in [1.807, 2.05) is 54.2 Å². The number of likely N-dealkylation sites (tertiary alicyclic amines) is 1. The first kappa shape index (κ1) is 17.8. The number of nitrogens with one attached hydrogen (secondary N) is 1. The van der Waals surface area contributed by atoms with Crippen molar-refractivity contribution in [1.29, 1.82) is 0 Å². The summed E-state index contributed by atoms with van der Waals surface area (Å²) in [7, 11) is 1.83. The van der Waals surface area contributed by atoms with E-state index in [2.05, 4.69) is 5.32 Å². The van der Waals surface area contributed by atoms with E-state index >= 15 is 0 Å². The minimum Gasteiger partial charge on any atom is -0.334 e. The lowest BCUT2D eigenvalue weighted by atomic mass is 9.96. The van der Waals surface area contributed by atoms with Crippen LogP contribution in [0.2, 0.25) is 0 Å². The van der Waals surface area contributed by atoms with Gasteiger partial charge in [0, 0.05) is 47.0 Å². The number of carbonyl (C=O) groups is 2. The van der Waals surface area contributed by atoms with Crippen molar-refractivity contribution in [2.75, 3.05) is 26.7 Å². The summed E-state index contributed by atoms with van der Waals surface area (Å²) in [6.45, 7) is 1.39. The van der Waals surface area contributed by atoms with Gasteiger partial charge < -0.3 is 10.2 Å². The topological polar surface area (TPSA) is 49.4 Å². The van der Waals surface area contributed by atoms with Crippen LogP contribution in [0.15, 0.2) is 46.2 Å². The summed E-state index contributed by atoms with van der Waals surface area (Å²) in [6, 6.07) is 7.88. The van der Waals surface area contributed by atoms with Gasteiger partial charge in [-0.25, -0.2) is 0 Å². The van der Waals surface area contributed by atoms with Gasteiger partial charge in [0.05, 0.1) is 0 Å². The molecule has 130 valence electrons. The van der Waals surface area contributed by atoms with Gasteiger partial charge >= 0.3 is 0 Å². The highest BCUT2D eigenvalue weighted by molar-refractivity contribution is 7.11. The number of ketones is 1. The second-order valence-corrected chi connectivity index (χ2v) is 7.76. The molecule has 0 bridgehead atoms. The van der Waals surface area contributed by atoms with Crippen molar-refractivity contribution in [3.8, 4) is 0 Å². The molecule has 2 aromatic heterocycles. The molecule has 1 saturated heterocycles. The number of hydrogen-bond donors (Lipinski definition) is 1. The predicted octanol–water partition coefficient (Wildman–Crippen LogP) is 3.30. The second kappa shape index (κ2) is 8.38. The van der Waals surface area contributed by atoms with Gasteiger partial charge in [0.2, 0.25) is 5.91 Å². The number of thiophene rings is 2. The van der Waals surface area contributed by atoms with E-state index in [0.29, 0.717) is 37.2 Å². The number of nitrogens with zero attached hydrogens (tertiary/aromatic N) is 1. The van der Waals surface area contributed by atoms with Crippen molar-refractivity contribution in [2.45, 2.75) is 6.42 Å². The molecule has 0 spiro atoms. The summed E-state index contributed by atoms with van der Waals surface area (Å²) in [6.07, 6.45) is 4.25. The van der Waals surface area contributed by atoms with Crippen LogP contribution in [-0.4, -0.2) is 43.3 Å². The summed E-state index contributed by atoms with van der Waals surface area (Å²) in [4.78, 5) is 29.2. The Morgan fingerprint density at radius 1 is 1.12 bits per heavy atom. The number of carbonyl (C=O) groups excluding carboxylic acids is 2. The third-order valence-electron chi connectivity index (χ3n) is 3.97. The Morgan fingerprint density at radius 3 is 2.12 bits per heavy atom. The number of hydrogen-bond acceptors (Lipinski definition) is 5. The quantitative estimate of drug-likeness (QED) is 0.820. The maximum absolute atomic E-state index is 12.9. The van der Waals surface area contributed by atoms with Crippen molar-refractivity contribution >= 4 is 46.5 Å². The molecule has 0 radical (unpaired) electrons. The standard InChI is InChI=1S/C19H20N2O2S2/c1-20-7-6-18(22)21-12-14(10-16-4-2-8-24-16)19(23)15(13-21)11-17-5-3-9-25-17/h2-5,8-11,20H,6-7,12-13H2,1H3/b14-10+,15-11+. The first-order valence-electron chi connectivity index (χ1n) is 8.12. The van der Waals surface area contributed by atoms with E-state index < -0.39 is 0 Å². The molecule has 25 heavy (non-hydrogen) atoms. The molecule has 1 N–H and O–H groups in total. The SMILES string of the molecule is CNCCC(=O)N1C/C(=C\c2cccs2)C(=O)/C(=C/c2cccs2)C1. The lowest BCUT2D eigenvalue weighted by molar-refractivity contribution is -0.131. The molecule has 0 unspecified atom stereocenters. The van der Waals surface area contributed by atoms with Crippen LogP contribution in [0.3, 0.4) is 0 Å². The van der Waals surface area contributed by atoms with Crippen molar-refractivity contribution in [3.63, 3.8) is 0 Å². The number of amides is 1. The fraction of sp³-hybridized carbons (Fsp3) is 0.263. The van der Waals surface area contributed by atoms with Crippen molar-refractivity contribution < 1.29 is 9.59 Å². The maximum Gasteiger partial charge on any atom is 0.224 e. The zero-order valence-electron chi connectivity index (χ0n) is 14.0. The lowest BCUT2D eigenvalue weighted by Gasteiger charge is -2.30. The third kappa shape index (κ3) is 4.54. The molecule has 1 fully saturated rings. The summed E-state index contributed by atoms with van der Waals surface area (Å²) >= 11 is 3.18. The van der Waals surface area contributed by atoms with Crippen LogP contribution in [0.5, 0.6) is 0 Å². The number of rotatable bonds is 5. The highest BCUT2D eigenvalue weighted by atomic mass is 32.1. The number of Topliss-reactive ketones (excluding diaryl/α,β-unsaturated/α-hetero) is 1. The average Bonchev–Trinajstić information content (AvgIpc) is 3.30. The summed E-state index contributed by atoms with van der Waals surface area (Å²) in [5, 5.41) is 6.97. The van der Waals surface area contributed by atoms with Crippen LogP contribution < -0.4 is 5.32 Å². The maximum atomic E-state index is 12.9. The van der Waals surface area contributed by atoms with E-state index in [1.54, 1.807) is 27.6 Å². The fourth-order valence-corrected chi connectivity index (χ4v) is 4.06. The summed E-state index contributed by atoms with van der Waals surface area (Å²) in [5.41, 5.74) is 1.35. The molecule has 0 saturated carbocycles. The van der Waals surface area contributed by atoms with E-state index in [0.717, 1.165) is 9.75 Å². The molecule has 2 aromatic rings. The van der Waals surface area contributed by atoms with Gasteiger partial charge in [-0.05, 0) is 42.1 Å². The molecule has 0 aromatic carbocycles. The largest absolute Gasteiger partial charge is 0.334 e. The van der Waals surface area contributed by atoms with E-state index in [1.165, 1.54) is 0 Å². The van der Waals surface area contributed by atoms with Crippen molar-refractivity contribution in [1.82, 2.24) is 10.2 Å². The van der Waals surface area contributed by atoms with E-state index in [9.17, 15) is 9.59 Å². The van der Waals surface area contributed by atoms with Gasteiger partial charge in [-0.2, -0.15) is 0 Å². The van der Waals surface area contributed by atoms with Crippen LogP contribution >= 0.6 is 22.7 Å². The Labute approximate surface area is 155 Å². The molecule has 1 aliphatic rings. The zero-order valence-corrected chi connectivity index (χ0v) is 15.7. The highest BCUT2D eigenvalue weighted by Crippen LogP contribution is 2.25. The van der Waals surface area contributed by atoms with Gasteiger partial charge in [-0.3, -0.25) is 9.59 Å². The molecule has 3 heterocycles. The molecule has 3 rings (SSSR count). The summed E-state index contributed by atoms with van der Waals surface area (Å²) < 4.78 is 0. The smallest absolute Gasteiger partial charge is 0.224 e. The van der Waals surface area contributed by atoms with Crippen LogP contribution in [0.4, 0.5) is 0 Å². The molecule has 0 aliphatic carbocycles. The van der Waals surface area contributed by atoms with Crippen LogP contribution in [0, 0.1) is 0 Å². The van der Waals surface area contributed by atoms with Crippen LogP contribution in [0.25, 0.3) is 12.2 Å². The van der Waals surface area contributed by atoms with Crippen LogP contribution in [0.1, 0.15) is 16.2 Å². The fourth-order valence-electron chi connectivity index (χ4n) is 2.70. The van der Waals surface area contributed by atoms with Gasteiger partial charge in [-0.1, -0.05) is 12.1 Å². The van der Waals surface area contributed by atoms with Crippen molar-refractivity contribution in [2.24, 2.45) is 0 Å². The molecule has 4 nitrogen and oxygen atoms in total. The van der Waals surface area contributed by atoms with Crippen LogP contribution in [-0.2, 0) is 9.59 Å². The third-order valence-corrected chi connectivity index (χ3v) is 5.61. The highest BCUT2D eigenvalue weighted by Gasteiger charge is 2.28. The van der Waals surface area contributed by atoms with Gasteiger partial charge in [0.1, 0.15) is 0 Å². The number of piperidine rings is 1. The van der Waals surface area contributed by atoms with Gasteiger partial charge in [0.25, 0.3) is 0 Å². The van der Waals surface area contributed by atoms with E-state index in [-0.39, 0.29) is 11.7 Å². The Kier molecular flexibility index (Phi) is 5.96. The summed E-state index contributed by atoms with van der Waals surface area (Å²) in [5.74, 6) is 0.107. The Hall–Kier alpha value is -2.02. The average molecular weight is 373 g/mol.